The Hall–Kier alpha value is -0.820. The molecule has 0 atom stereocenters. The molecule has 1 heteroatoms. The van der Waals surface area contributed by atoms with E-state index in [-0.39, 0.29) is 0 Å². The molecule has 1 N–H and O–H groups in total. The van der Waals surface area contributed by atoms with Crippen LogP contribution in [0.3, 0.4) is 0 Å². The highest BCUT2D eigenvalue weighted by Crippen LogP contribution is 2.41. The van der Waals surface area contributed by atoms with E-state index in [2.05, 4.69) is 44.3 Å². The van der Waals surface area contributed by atoms with E-state index < -0.39 is 0 Å². The first kappa shape index (κ1) is 14.6. The van der Waals surface area contributed by atoms with Gasteiger partial charge in [0.1, 0.15) is 0 Å². The zero-order chi connectivity index (χ0) is 13.7. The summed E-state index contributed by atoms with van der Waals surface area (Å²) in [5.74, 6) is 0. The highest BCUT2D eigenvalue weighted by molar-refractivity contribution is 5.31. The van der Waals surface area contributed by atoms with Gasteiger partial charge in [0.25, 0.3) is 0 Å². The lowest BCUT2D eigenvalue weighted by Gasteiger charge is -2.30. The Labute approximate surface area is 118 Å². The van der Waals surface area contributed by atoms with Crippen molar-refractivity contribution in [2.75, 3.05) is 13.1 Å². The molecule has 0 aromatic heterocycles. The summed E-state index contributed by atoms with van der Waals surface area (Å²) >= 11 is 0. The molecule has 1 nitrogen and oxygen atoms in total. The van der Waals surface area contributed by atoms with Crippen molar-refractivity contribution >= 4 is 0 Å². The van der Waals surface area contributed by atoms with Gasteiger partial charge in [-0.15, -0.1) is 0 Å². The van der Waals surface area contributed by atoms with Gasteiger partial charge in [-0.05, 0) is 62.6 Å². The Morgan fingerprint density at radius 3 is 2.58 bits per heavy atom. The van der Waals surface area contributed by atoms with Crippen LogP contribution in [0.25, 0.3) is 0 Å². The van der Waals surface area contributed by atoms with E-state index >= 15 is 0 Å². The number of rotatable bonds is 6. The summed E-state index contributed by atoms with van der Waals surface area (Å²) in [7, 11) is 0. The van der Waals surface area contributed by atoms with Crippen LogP contribution >= 0.6 is 0 Å². The van der Waals surface area contributed by atoms with Gasteiger partial charge < -0.3 is 5.32 Å². The Kier molecular flexibility index (Phi) is 5.04. The van der Waals surface area contributed by atoms with E-state index in [0.29, 0.717) is 5.41 Å². The van der Waals surface area contributed by atoms with Crippen molar-refractivity contribution in [2.45, 2.75) is 59.3 Å². The number of benzene rings is 1. The molecular formula is C18H29N. The fourth-order valence-electron chi connectivity index (χ4n) is 3.47. The predicted octanol–water partition coefficient (Wildman–Crippen LogP) is 4.41. The first-order valence-electron chi connectivity index (χ1n) is 7.92. The van der Waals surface area contributed by atoms with Gasteiger partial charge in [0.05, 0.1) is 0 Å². The summed E-state index contributed by atoms with van der Waals surface area (Å²) < 4.78 is 0. The Morgan fingerprint density at radius 1 is 1.16 bits per heavy atom. The molecule has 0 spiro atoms. The lowest BCUT2D eigenvalue weighted by molar-refractivity contribution is 0.277. The van der Waals surface area contributed by atoms with E-state index in [9.17, 15) is 0 Å². The summed E-state index contributed by atoms with van der Waals surface area (Å²) in [5, 5.41) is 3.67. The standard InChI is InChI=1S/C18H29N/c1-4-11-19-14-18(9-5-6-10-18)13-17-12-15(2)7-8-16(17)3/h7-8,12,19H,4-6,9-11,13-14H2,1-3H3. The first-order chi connectivity index (χ1) is 9.15. The maximum atomic E-state index is 3.67. The van der Waals surface area contributed by atoms with Crippen LogP contribution in [0.1, 0.15) is 55.7 Å². The van der Waals surface area contributed by atoms with Crippen LogP contribution in [0.4, 0.5) is 0 Å². The highest BCUT2D eigenvalue weighted by atomic mass is 14.9. The fourth-order valence-corrected chi connectivity index (χ4v) is 3.47. The zero-order valence-electron chi connectivity index (χ0n) is 12.9. The second-order valence-electron chi connectivity index (χ2n) is 6.49. The molecule has 0 radical (unpaired) electrons. The summed E-state index contributed by atoms with van der Waals surface area (Å²) in [4.78, 5) is 0. The van der Waals surface area contributed by atoms with E-state index in [4.69, 9.17) is 0 Å². The molecular weight excluding hydrogens is 230 g/mol. The van der Waals surface area contributed by atoms with Crippen LogP contribution < -0.4 is 5.32 Å². The second-order valence-corrected chi connectivity index (χ2v) is 6.49. The van der Waals surface area contributed by atoms with Crippen molar-refractivity contribution in [3.8, 4) is 0 Å². The van der Waals surface area contributed by atoms with Gasteiger partial charge in [0.15, 0.2) is 0 Å². The molecule has 19 heavy (non-hydrogen) atoms. The molecule has 0 amide bonds. The molecule has 0 aliphatic heterocycles. The first-order valence-corrected chi connectivity index (χ1v) is 7.92. The maximum absolute atomic E-state index is 3.67. The molecule has 0 heterocycles. The normalized spacial score (nSPS) is 17.8. The van der Waals surface area contributed by atoms with Crippen LogP contribution in [0.2, 0.25) is 0 Å². The molecule has 1 aliphatic carbocycles. The van der Waals surface area contributed by atoms with Crippen LogP contribution in [0.15, 0.2) is 18.2 Å². The van der Waals surface area contributed by atoms with Crippen LogP contribution in [0.5, 0.6) is 0 Å². The third-order valence-electron chi connectivity index (χ3n) is 4.66. The smallest absolute Gasteiger partial charge is 0.00110 e. The maximum Gasteiger partial charge on any atom is 0.00110 e. The molecule has 106 valence electrons. The third kappa shape index (κ3) is 3.82. The molecule has 0 unspecified atom stereocenters. The molecule has 1 aliphatic rings. The van der Waals surface area contributed by atoms with Crippen LogP contribution in [-0.2, 0) is 6.42 Å². The SMILES string of the molecule is CCCNCC1(Cc2cc(C)ccc2C)CCCC1. The van der Waals surface area contributed by atoms with Crippen LogP contribution in [-0.4, -0.2) is 13.1 Å². The number of nitrogens with one attached hydrogen (secondary N) is 1. The van der Waals surface area contributed by atoms with Gasteiger partial charge in [-0.1, -0.05) is 43.5 Å². The summed E-state index contributed by atoms with van der Waals surface area (Å²) in [6, 6.07) is 6.91. The average molecular weight is 259 g/mol. The van der Waals surface area contributed by atoms with Crippen molar-refractivity contribution in [1.29, 1.82) is 0 Å². The van der Waals surface area contributed by atoms with Crippen molar-refractivity contribution in [3.05, 3.63) is 34.9 Å². The minimum atomic E-state index is 0.522. The largest absolute Gasteiger partial charge is 0.316 e. The monoisotopic (exact) mass is 259 g/mol. The number of hydrogen-bond acceptors (Lipinski definition) is 1. The van der Waals surface area contributed by atoms with Crippen LogP contribution in [0, 0.1) is 19.3 Å². The van der Waals surface area contributed by atoms with Gasteiger partial charge in [-0.2, -0.15) is 0 Å². The topological polar surface area (TPSA) is 12.0 Å². The van der Waals surface area contributed by atoms with Crippen molar-refractivity contribution in [2.24, 2.45) is 5.41 Å². The molecule has 1 aromatic rings. The molecule has 0 bridgehead atoms. The summed E-state index contributed by atoms with van der Waals surface area (Å²) in [6.07, 6.45) is 8.13. The highest BCUT2D eigenvalue weighted by Gasteiger charge is 2.33. The quantitative estimate of drug-likeness (QED) is 0.746. The van der Waals surface area contributed by atoms with E-state index in [0.717, 1.165) is 6.54 Å². The molecule has 1 aromatic carbocycles. The Balaban J connectivity index is 2.09. The van der Waals surface area contributed by atoms with Crippen molar-refractivity contribution < 1.29 is 0 Å². The second kappa shape index (κ2) is 6.56. The van der Waals surface area contributed by atoms with Crippen molar-refractivity contribution in [3.63, 3.8) is 0 Å². The van der Waals surface area contributed by atoms with Gasteiger partial charge in [0, 0.05) is 6.54 Å². The molecule has 1 fully saturated rings. The minimum absolute atomic E-state index is 0.522. The summed E-state index contributed by atoms with van der Waals surface area (Å²) in [5.41, 5.74) is 4.95. The van der Waals surface area contributed by atoms with Crippen molar-refractivity contribution in [1.82, 2.24) is 5.32 Å². The Morgan fingerprint density at radius 2 is 1.89 bits per heavy atom. The van der Waals surface area contributed by atoms with Gasteiger partial charge in [0.2, 0.25) is 0 Å². The fraction of sp³-hybridized carbons (Fsp3) is 0.667. The molecule has 1 saturated carbocycles. The molecule has 2 rings (SSSR count). The molecule has 0 saturated heterocycles. The summed E-state index contributed by atoms with van der Waals surface area (Å²) in [6.45, 7) is 9.08. The van der Waals surface area contributed by atoms with Gasteiger partial charge in [-0.3, -0.25) is 0 Å². The third-order valence-corrected chi connectivity index (χ3v) is 4.66. The van der Waals surface area contributed by atoms with E-state index in [1.54, 1.807) is 5.56 Å². The van der Waals surface area contributed by atoms with E-state index in [1.807, 2.05) is 0 Å². The predicted molar refractivity (Wildman–Crippen MR) is 83.7 cm³/mol. The lowest BCUT2D eigenvalue weighted by atomic mass is 9.78. The Bertz CT molecular complexity index is 402. The number of aryl methyl sites for hydroxylation is 2. The number of hydrogen-bond donors (Lipinski definition) is 1. The minimum Gasteiger partial charge on any atom is -0.316 e. The van der Waals surface area contributed by atoms with E-state index in [1.165, 1.54) is 56.2 Å². The average Bonchev–Trinajstić information content (AvgIpc) is 2.83. The lowest BCUT2D eigenvalue weighted by Crippen LogP contribution is -2.34. The van der Waals surface area contributed by atoms with Gasteiger partial charge in [-0.25, -0.2) is 0 Å². The van der Waals surface area contributed by atoms with Gasteiger partial charge >= 0.3 is 0 Å². The zero-order valence-corrected chi connectivity index (χ0v) is 12.9.